The summed E-state index contributed by atoms with van der Waals surface area (Å²) in [4.78, 5) is 25.9. The zero-order chi connectivity index (χ0) is 17.5. The number of amides is 2. The molecule has 2 rings (SSSR count). The number of ether oxygens (including phenoxy) is 1. The standard InChI is InChI=1S/C18H27N3O3/c1-3-15(20-18(23)13(2)19)14-8-4-5-9-16(14)24-12-17(22)21-10-6-7-11-21/h4-5,8-9,13,15H,3,6-7,10-12,19H2,1-2H3,(H,20,23)/t13-,15?/m1/s1. The Bertz CT molecular complexity index is 568. The second-order valence-electron chi connectivity index (χ2n) is 6.17. The van der Waals surface area contributed by atoms with Crippen molar-refractivity contribution in [3.05, 3.63) is 29.8 Å². The van der Waals surface area contributed by atoms with E-state index in [1.165, 1.54) is 0 Å². The zero-order valence-electron chi connectivity index (χ0n) is 14.5. The Balaban J connectivity index is 2.04. The summed E-state index contributed by atoms with van der Waals surface area (Å²) in [6.45, 7) is 5.28. The lowest BCUT2D eigenvalue weighted by atomic mass is 10.0. The Morgan fingerprint density at radius 3 is 2.58 bits per heavy atom. The molecule has 0 aromatic heterocycles. The van der Waals surface area contributed by atoms with Crippen molar-refractivity contribution in [2.75, 3.05) is 19.7 Å². The Kier molecular flexibility index (Phi) is 6.61. The van der Waals surface area contributed by atoms with Crippen LogP contribution < -0.4 is 15.8 Å². The molecule has 1 unspecified atom stereocenters. The number of carbonyl (C=O) groups excluding carboxylic acids is 2. The van der Waals surface area contributed by atoms with Crippen LogP contribution in [0.1, 0.15) is 44.7 Å². The summed E-state index contributed by atoms with van der Waals surface area (Å²) in [5.41, 5.74) is 6.49. The van der Waals surface area contributed by atoms with Crippen LogP contribution >= 0.6 is 0 Å². The van der Waals surface area contributed by atoms with E-state index in [2.05, 4.69) is 5.32 Å². The van der Waals surface area contributed by atoms with E-state index in [0.717, 1.165) is 31.5 Å². The Labute approximate surface area is 143 Å². The molecule has 132 valence electrons. The highest BCUT2D eigenvalue weighted by atomic mass is 16.5. The van der Waals surface area contributed by atoms with Crippen LogP contribution in [-0.4, -0.2) is 42.5 Å². The van der Waals surface area contributed by atoms with E-state index in [4.69, 9.17) is 10.5 Å². The maximum atomic E-state index is 12.2. The second-order valence-corrected chi connectivity index (χ2v) is 6.17. The molecule has 6 heteroatoms. The lowest BCUT2D eigenvalue weighted by Gasteiger charge is -2.22. The van der Waals surface area contributed by atoms with Crippen LogP contribution in [0.2, 0.25) is 0 Å². The summed E-state index contributed by atoms with van der Waals surface area (Å²) in [7, 11) is 0. The smallest absolute Gasteiger partial charge is 0.260 e. The fourth-order valence-corrected chi connectivity index (χ4v) is 2.80. The lowest BCUT2D eigenvalue weighted by molar-refractivity contribution is -0.132. The molecule has 24 heavy (non-hydrogen) atoms. The van der Waals surface area contributed by atoms with E-state index >= 15 is 0 Å². The maximum Gasteiger partial charge on any atom is 0.260 e. The van der Waals surface area contributed by atoms with Crippen LogP contribution in [0.4, 0.5) is 0 Å². The maximum absolute atomic E-state index is 12.2. The molecule has 1 aliphatic heterocycles. The fraction of sp³-hybridized carbons (Fsp3) is 0.556. The summed E-state index contributed by atoms with van der Waals surface area (Å²) in [5.74, 6) is 0.432. The van der Waals surface area contributed by atoms with Gasteiger partial charge >= 0.3 is 0 Å². The SMILES string of the molecule is CCC(NC(=O)[C@@H](C)N)c1ccccc1OCC(=O)N1CCCC1. The van der Waals surface area contributed by atoms with Crippen molar-refractivity contribution in [1.82, 2.24) is 10.2 Å². The van der Waals surface area contributed by atoms with Crippen LogP contribution in [0.25, 0.3) is 0 Å². The Hall–Kier alpha value is -2.08. The third kappa shape index (κ3) is 4.71. The molecular formula is C18H27N3O3. The molecule has 1 aromatic rings. The predicted octanol–water partition coefficient (Wildman–Crippen LogP) is 1.60. The van der Waals surface area contributed by atoms with Gasteiger partial charge in [0.2, 0.25) is 5.91 Å². The first-order valence-electron chi connectivity index (χ1n) is 8.58. The molecule has 1 aliphatic rings. The normalized spacial score (nSPS) is 16.5. The Morgan fingerprint density at radius 1 is 1.29 bits per heavy atom. The van der Waals surface area contributed by atoms with Crippen molar-refractivity contribution in [2.45, 2.75) is 45.2 Å². The molecule has 0 bridgehead atoms. The Morgan fingerprint density at radius 2 is 1.96 bits per heavy atom. The predicted molar refractivity (Wildman–Crippen MR) is 92.6 cm³/mol. The van der Waals surface area contributed by atoms with Gasteiger partial charge in [0.05, 0.1) is 12.1 Å². The molecule has 2 atom stereocenters. The number of para-hydroxylation sites is 1. The van der Waals surface area contributed by atoms with Crippen molar-refractivity contribution < 1.29 is 14.3 Å². The third-order valence-electron chi connectivity index (χ3n) is 4.24. The molecule has 1 heterocycles. The first kappa shape index (κ1) is 18.3. The van der Waals surface area contributed by atoms with E-state index in [9.17, 15) is 9.59 Å². The topological polar surface area (TPSA) is 84.7 Å². The first-order valence-corrected chi connectivity index (χ1v) is 8.58. The van der Waals surface area contributed by atoms with Crippen molar-refractivity contribution in [3.8, 4) is 5.75 Å². The van der Waals surface area contributed by atoms with E-state index in [0.29, 0.717) is 12.2 Å². The molecule has 0 aliphatic carbocycles. The number of nitrogens with two attached hydrogens (primary N) is 1. The molecule has 6 nitrogen and oxygen atoms in total. The highest BCUT2D eigenvalue weighted by molar-refractivity contribution is 5.81. The van der Waals surface area contributed by atoms with Crippen LogP contribution in [-0.2, 0) is 9.59 Å². The quantitative estimate of drug-likeness (QED) is 0.794. The monoisotopic (exact) mass is 333 g/mol. The number of nitrogens with one attached hydrogen (secondary N) is 1. The minimum atomic E-state index is -0.566. The van der Waals surface area contributed by atoms with Crippen molar-refractivity contribution in [3.63, 3.8) is 0 Å². The van der Waals surface area contributed by atoms with Crippen LogP contribution in [0.15, 0.2) is 24.3 Å². The summed E-state index contributed by atoms with van der Waals surface area (Å²) < 4.78 is 5.76. The number of benzene rings is 1. The van der Waals surface area contributed by atoms with Crippen molar-refractivity contribution >= 4 is 11.8 Å². The highest BCUT2D eigenvalue weighted by Crippen LogP contribution is 2.27. The summed E-state index contributed by atoms with van der Waals surface area (Å²) in [5, 5.41) is 2.93. The van der Waals surface area contributed by atoms with E-state index in [-0.39, 0.29) is 24.5 Å². The fourth-order valence-electron chi connectivity index (χ4n) is 2.80. The summed E-state index contributed by atoms with van der Waals surface area (Å²) in [6.07, 6.45) is 2.83. The second kappa shape index (κ2) is 8.68. The number of nitrogens with zero attached hydrogens (tertiary/aromatic N) is 1. The minimum Gasteiger partial charge on any atom is -0.483 e. The molecule has 2 amide bonds. The summed E-state index contributed by atoms with van der Waals surface area (Å²) >= 11 is 0. The molecule has 0 saturated carbocycles. The number of likely N-dealkylation sites (tertiary alicyclic amines) is 1. The van der Waals surface area contributed by atoms with Crippen molar-refractivity contribution in [2.24, 2.45) is 5.73 Å². The number of rotatable bonds is 7. The average molecular weight is 333 g/mol. The van der Waals surface area contributed by atoms with E-state index in [1.807, 2.05) is 36.1 Å². The zero-order valence-corrected chi connectivity index (χ0v) is 14.5. The van der Waals surface area contributed by atoms with Gasteiger partial charge in [0.25, 0.3) is 5.91 Å². The largest absolute Gasteiger partial charge is 0.483 e. The molecule has 1 fully saturated rings. The van der Waals surface area contributed by atoms with Gasteiger partial charge in [-0.25, -0.2) is 0 Å². The summed E-state index contributed by atoms with van der Waals surface area (Å²) in [6, 6.07) is 6.73. The molecule has 0 radical (unpaired) electrons. The first-order chi connectivity index (χ1) is 11.5. The van der Waals surface area contributed by atoms with Gasteiger partial charge in [0, 0.05) is 18.7 Å². The number of hydrogen-bond acceptors (Lipinski definition) is 4. The molecular weight excluding hydrogens is 306 g/mol. The van der Waals surface area contributed by atoms with Gasteiger partial charge in [0.15, 0.2) is 6.61 Å². The molecule has 1 aromatic carbocycles. The highest BCUT2D eigenvalue weighted by Gasteiger charge is 2.21. The van der Waals surface area contributed by atoms with E-state index < -0.39 is 6.04 Å². The number of hydrogen-bond donors (Lipinski definition) is 2. The van der Waals surface area contributed by atoms with Gasteiger partial charge < -0.3 is 20.7 Å². The van der Waals surface area contributed by atoms with Crippen molar-refractivity contribution in [1.29, 1.82) is 0 Å². The lowest BCUT2D eigenvalue weighted by Crippen LogP contribution is -2.40. The molecule has 3 N–H and O–H groups in total. The van der Waals surface area contributed by atoms with Crippen LogP contribution in [0, 0.1) is 0 Å². The van der Waals surface area contributed by atoms with E-state index in [1.54, 1.807) is 6.92 Å². The third-order valence-corrected chi connectivity index (χ3v) is 4.24. The molecule has 1 saturated heterocycles. The van der Waals surface area contributed by atoms with Gasteiger partial charge in [-0.3, -0.25) is 9.59 Å². The molecule has 0 spiro atoms. The van der Waals surface area contributed by atoms with Gasteiger partial charge in [0.1, 0.15) is 5.75 Å². The van der Waals surface area contributed by atoms with Crippen LogP contribution in [0.5, 0.6) is 5.75 Å². The van der Waals surface area contributed by atoms with Gasteiger partial charge in [-0.1, -0.05) is 25.1 Å². The van der Waals surface area contributed by atoms with Gasteiger partial charge in [-0.05, 0) is 32.3 Å². The minimum absolute atomic E-state index is 0.00923. The average Bonchev–Trinajstić information content (AvgIpc) is 3.12. The van der Waals surface area contributed by atoms with Gasteiger partial charge in [-0.2, -0.15) is 0 Å². The van der Waals surface area contributed by atoms with Crippen LogP contribution in [0.3, 0.4) is 0 Å². The van der Waals surface area contributed by atoms with Gasteiger partial charge in [-0.15, -0.1) is 0 Å². The number of carbonyl (C=O) groups is 2.